The number of hydrogen-bond acceptors (Lipinski definition) is 8. The van der Waals surface area contributed by atoms with Gasteiger partial charge in [0.05, 0.1) is 35.0 Å². The number of nitrogens with one attached hydrogen (secondary N) is 1. The van der Waals surface area contributed by atoms with Crippen LogP contribution in [0, 0.1) is 6.92 Å². The molecule has 1 fully saturated rings. The first-order chi connectivity index (χ1) is 12.8. The number of nitrogens with zero attached hydrogens (tertiary/aromatic N) is 6. The van der Waals surface area contributed by atoms with Gasteiger partial charge in [-0.3, -0.25) is 14.9 Å². The first kappa shape index (κ1) is 17.0. The molecule has 8 heteroatoms. The number of aromatic nitrogens is 5. The van der Waals surface area contributed by atoms with Gasteiger partial charge in [-0.25, -0.2) is 15.0 Å². The van der Waals surface area contributed by atoms with Crippen LogP contribution in [-0.2, 0) is 6.54 Å². The lowest BCUT2D eigenvalue weighted by Gasteiger charge is -2.31. The van der Waals surface area contributed by atoms with Gasteiger partial charge in [-0.05, 0) is 26.3 Å². The fraction of sp³-hybridized carbons (Fsp3) is 0.389. The molecule has 4 rings (SSSR count). The van der Waals surface area contributed by atoms with Gasteiger partial charge in [0.1, 0.15) is 11.6 Å². The third-order valence-electron chi connectivity index (χ3n) is 4.47. The molecule has 0 saturated carbocycles. The second kappa shape index (κ2) is 7.84. The molecule has 7 nitrogen and oxygen atoms in total. The van der Waals surface area contributed by atoms with E-state index in [1.165, 1.54) is 12.1 Å². The van der Waals surface area contributed by atoms with Crippen molar-refractivity contribution < 1.29 is 0 Å². The second-order valence-electron chi connectivity index (χ2n) is 6.47. The fourth-order valence-electron chi connectivity index (χ4n) is 3.26. The summed E-state index contributed by atoms with van der Waals surface area (Å²) in [7, 11) is 0. The fourth-order valence-corrected chi connectivity index (χ4v) is 3.86. The molecule has 26 heavy (non-hydrogen) atoms. The summed E-state index contributed by atoms with van der Waals surface area (Å²) >= 11 is 1.72. The Balaban J connectivity index is 1.38. The largest absolute Gasteiger partial charge is 0.322 e. The van der Waals surface area contributed by atoms with E-state index in [9.17, 15) is 0 Å². The molecule has 1 unspecified atom stereocenters. The monoisotopic (exact) mass is 367 g/mol. The molecule has 0 aliphatic carbocycles. The van der Waals surface area contributed by atoms with Gasteiger partial charge < -0.3 is 5.32 Å². The Kier molecular flexibility index (Phi) is 5.12. The highest BCUT2D eigenvalue weighted by molar-refractivity contribution is 7.09. The summed E-state index contributed by atoms with van der Waals surface area (Å²) in [5.74, 6) is 1.76. The van der Waals surface area contributed by atoms with Gasteiger partial charge >= 0.3 is 0 Å². The lowest BCUT2D eigenvalue weighted by molar-refractivity contribution is 0.196. The molecule has 0 spiro atoms. The molecule has 3 aromatic heterocycles. The van der Waals surface area contributed by atoms with Gasteiger partial charge in [0, 0.05) is 36.8 Å². The van der Waals surface area contributed by atoms with E-state index in [2.05, 4.69) is 47.4 Å². The molecular weight excluding hydrogens is 346 g/mol. The van der Waals surface area contributed by atoms with Crippen LogP contribution in [0.3, 0.4) is 0 Å². The van der Waals surface area contributed by atoms with Crippen molar-refractivity contribution in [2.24, 2.45) is 0 Å². The van der Waals surface area contributed by atoms with Crippen LogP contribution in [0.4, 0.5) is 11.6 Å². The lowest BCUT2D eigenvalue weighted by atomic mass is 9.95. The van der Waals surface area contributed by atoms with Crippen LogP contribution < -0.4 is 5.32 Å². The Hall–Kier alpha value is -2.45. The van der Waals surface area contributed by atoms with Crippen LogP contribution in [0.5, 0.6) is 0 Å². The minimum absolute atomic E-state index is 0.418. The first-order valence-corrected chi connectivity index (χ1v) is 9.62. The summed E-state index contributed by atoms with van der Waals surface area (Å²) < 4.78 is 0. The molecule has 0 bridgehead atoms. The molecule has 0 aromatic carbocycles. The minimum atomic E-state index is 0.418. The predicted molar refractivity (Wildman–Crippen MR) is 101 cm³/mol. The Morgan fingerprint density at radius 1 is 1.15 bits per heavy atom. The molecule has 1 aliphatic heterocycles. The molecule has 1 atom stereocenters. The van der Waals surface area contributed by atoms with Crippen molar-refractivity contribution in [3.63, 3.8) is 0 Å². The molecule has 4 heterocycles. The summed E-state index contributed by atoms with van der Waals surface area (Å²) in [6.45, 7) is 5.09. The highest BCUT2D eigenvalue weighted by Gasteiger charge is 2.23. The molecule has 134 valence electrons. The smallest absolute Gasteiger partial charge is 0.150 e. The lowest BCUT2D eigenvalue weighted by Crippen LogP contribution is -2.34. The molecule has 1 saturated heterocycles. The Morgan fingerprint density at radius 2 is 2.08 bits per heavy atom. The van der Waals surface area contributed by atoms with Crippen LogP contribution >= 0.6 is 11.3 Å². The van der Waals surface area contributed by atoms with Crippen LogP contribution in [-0.4, -0.2) is 42.9 Å². The molecule has 1 N–H and O–H groups in total. The number of piperidine rings is 1. The SMILES string of the molecule is Cc1nc(CN2CCCC(c3cnc(Nc4cnccn4)cn3)C2)cs1. The van der Waals surface area contributed by atoms with Gasteiger partial charge in [0.2, 0.25) is 0 Å². The van der Waals surface area contributed by atoms with Gasteiger partial charge in [-0.1, -0.05) is 0 Å². The zero-order chi connectivity index (χ0) is 17.8. The van der Waals surface area contributed by atoms with Crippen LogP contribution in [0.1, 0.15) is 35.2 Å². The minimum Gasteiger partial charge on any atom is -0.322 e. The Bertz CT molecular complexity index is 834. The average Bonchev–Trinajstić information content (AvgIpc) is 3.08. The molecule has 1 aliphatic rings. The summed E-state index contributed by atoms with van der Waals surface area (Å²) in [4.78, 5) is 24.4. The normalized spacial score (nSPS) is 18.0. The number of anilines is 2. The van der Waals surface area contributed by atoms with Gasteiger partial charge in [-0.2, -0.15) is 0 Å². The Labute approximate surface area is 156 Å². The standard InChI is InChI=1S/C18H21N7S/c1-13-23-15(12-26-13)11-25-6-2-3-14(10-25)16-7-22-18(9-21-16)24-17-8-19-4-5-20-17/h4-5,7-9,12,14H,2-3,6,10-11H2,1H3,(H,20,22,24). The maximum Gasteiger partial charge on any atom is 0.150 e. The van der Waals surface area contributed by atoms with E-state index in [-0.39, 0.29) is 0 Å². The van der Waals surface area contributed by atoms with Crippen molar-refractivity contribution in [3.05, 3.63) is 52.8 Å². The first-order valence-electron chi connectivity index (χ1n) is 8.74. The molecule has 3 aromatic rings. The summed E-state index contributed by atoms with van der Waals surface area (Å²) in [5, 5.41) is 6.40. The summed E-state index contributed by atoms with van der Waals surface area (Å²) in [6, 6.07) is 0. The third kappa shape index (κ3) is 4.20. The van der Waals surface area contributed by atoms with E-state index in [0.29, 0.717) is 17.6 Å². The molecule has 0 amide bonds. The number of hydrogen-bond donors (Lipinski definition) is 1. The quantitative estimate of drug-likeness (QED) is 0.742. The second-order valence-corrected chi connectivity index (χ2v) is 7.54. The van der Waals surface area contributed by atoms with E-state index in [4.69, 9.17) is 0 Å². The topological polar surface area (TPSA) is 79.7 Å². The van der Waals surface area contributed by atoms with E-state index >= 15 is 0 Å². The van der Waals surface area contributed by atoms with Gasteiger partial charge in [0.15, 0.2) is 0 Å². The number of aryl methyl sites for hydroxylation is 1. The van der Waals surface area contributed by atoms with Crippen LogP contribution in [0.25, 0.3) is 0 Å². The van der Waals surface area contributed by atoms with Crippen molar-refractivity contribution in [2.45, 2.75) is 32.2 Å². The predicted octanol–water partition coefficient (Wildman–Crippen LogP) is 3.15. The Morgan fingerprint density at radius 3 is 2.81 bits per heavy atom. The van der Waals surface area contributed by atoms with Crippen LogP contribution in [0.2, 0.25) is 0 Å². The van der Waals surface area contributed by atoms with Gasteiger partial charge in [-0.15, -0.1) is 11.3 Å². The van der Waals surface area contributed by atoms with Crippen molar-refractivity contribution in [3.8, 4) is 0 Å². The van der Waals surface area contributed by atoms with Gasteiger partial charge in [0.25, 0.3) is 0 Å². The summed E-state index contributed by atoms with van der Waals surface area (Å²) in [5.41, 5.74) is 2.22. The number of thiazole rings is 1. The number of rotatable bonds is 5. The van der Waals surface area contributed by atoms with Crippen molar-refractivity contribution >= 4 is 23.0 Å². The van der Waals surface area contributed by atoms with Crippen LogP contribution in [0.15, 0.2) is 36.4 Å². The van der Waals surface area contributed by atoms with E-state index in [1.54, 1.807) is 36.1 Å². The highest BCUT2D eigenvalue weighted by atomic mass is 32.1. The zero-order valence-corrected chi connectivity index (χ0v) is 15.5. The van der Waals surface area contributed by atoms with Crippen molar-refractivity contribution in [1.29, 1.82) is 0 Å². The average molecular weight is 367 g/mol. The maximum atomic E-state index is 4.63. The van der Waals surface area contributed by atoms with E-state index < -0.39 is 0 Å². The van der Waals surface area contributed by atoms with Crippen molar-refractivity contribution in [2.75, 3.05) is 18.4 Å². The third-order valence-corrected chi connectivity index (χ3v) is 5.29. The van der Waals surface area contributed by atoms with E-state index in [1.807, 2.05) is 6.20 Å². The zero-order valence-electron chi connectivity index (χ0n) is 14.7. The maximum absolute atomic E-state index is 4.63. The van der Waals surface area contributed by atoms with E-state index in [0.717, 1.165) is 36.8 Å². The summed E-state index contributed by atoms with van der Waals surface area (Å²) in [6.07, 6.45) is 10.9. The highest BCUT2D eigenvalue weighted by Crippen LogP contribution is 2.26. The van der Waals surface area contributed by atoms with Crippen molar-refractivity contribution in [1.82, 2.24) is 29.8 Å². The molecule has 0 radical (unpaired) electrons. The molecular formula is C18H21N7S. The number of likely N-dealkylation sites (tertiary alicyclic amines) is 1.